The summed E-state index contributed by atoms with van der Waals surface area (Å²) in [7, 11) is 0. The maximum atomic E-state index is 6.21. The summed E-state index contributed by atoms with van der Waals surface area (Å²) in [5.74, 6) is 0. The lowest BCUT2D eigenvalue weighted by Crippen LogP contribution is -2.48. The lowest BCUT2D eigenvalue weighted by atomic mass is 10.1. The van der Waals surface area contributed by atoms with E-state index in [9.17, 15) is 0 Å². The van der Waals surface area contributed by atoms with Crippen LogP contribution < -0.4 is 5.32 Å². The van der Waals surface area contributed by atoms with Gasteiger partial charge in [0.05, 0.1) is 0 Å². The van der Waals surface area contributed by atoms with Crippen LogP contribution in [0.25, 0.3) is 0 Å². The first-order chi connectivity index (χ1) is 7.65. The van der Waals surface area contributed by atoms with E-state index < -0.39 is 0 Å². The molecule has 2 rings (SSSR count). The molecule has 1 aliphatic heterocycles. The minimum atomic E-state index is 0.572. The molecule has 1 saturated heterocycles. The first-order valence-electron chi connectivity index (χ1n) is 5.55. The van der Waals surface area contributed by atoms with Crippen molar-refractivity contribution in [1.29, 1.82) is 0 Å². The molecule has 16 heavy (non-hydrogen) atoms. The zero-order chi connectivity index (χ0) is 11.5. The molecule has 0 spiro atoms. The Morgan fingerprint density at radius 3 is 3.06 bits per heavy atom. The molecule has 1 aromatic rings. The Labute approximate surface area is 110 Å². The van der Waals surface area contributed by atoms with E-state index in [4.69, 9.17) is 11.6 Å². The molecule has 88 valence electrons. The van der Waals surface area contributed by atoms with Crippen LogP contribution in [-0.4, -0.2) is 30.6 Å². The van der Waals surface area contributed by atoms with Crippen LogP contribution in [0.3, 0.4) is 0 Å². The van der Waals surface area contributed by atoms with Gasteiger partial charge in [-0.1, -0.05) is 33.6 Å². The molecule has 0 amide bonds. The highest BCUT2D eigenvalue weighted by Crippen LogP contribution is 2.22. The second kappa shape index (κ2) is 5.50. The summed E-state index contributed by atoms with van der Waals surface area (Å²) in [5.41, 5.74) is 1.21. The van der Waals surface area contributed by atoms with Crippen molar-refractivity contribution in [3.8, 4) is 0 Å². The van der Waals surface area contributed by atoms with Crippen LogP contribution in [-0.2, 0) is 6.54 Å². The minimum absolute atomic E-state index is 0.572. The number of piperazine rings is 1. The highest BCUT2D eigenvalue weighted by Gasteiger charge is 2.16. The summed E-state index contributed by atoms with van der Waals surface area (Å²) >= 11 is 9.64. The molecule has 1 aliphatic rings. The van der Waals surface area contributed by atoms with Crippen LogP contribution in [0, 0.1) is 0 Å². The van der Waals surface area contributed by atoms with Gasteiger partial charge in [-0.15, -0.1) is 0 Å². The van der Waals surface area contributed by atoms with E-state index in [-0.39, 0.29) is 0 Å². The molecule has 4 heteroatoms. The van der Waals surface area contributed by atoms with E-state index in [1.807, 2.05) is 12.1 Å². The first kappa shape index (κ1) is 12.4. The van der Waals surface area contributed by atoms with Crippen molar-refractivity contribution in [2.45, 2.75) is 19.5 Å². The molecule has 1 heterocycles. The Balaban J connectivity index is 2.02. The Morgan fingerprint density at radius 2 is 2.38 bits per heavy atom. The summed E-state index contributed by atoms with van der Waals surface area (Å²) in [6.07, 6.45) is 0. The quantitative estimate of drug-likeness (QED) is 0.904. The largest absolute Gasteiger partial charge is 0.312 e. The lowest BCUT2D eigenvalue weighted by Gasteiger charge is -2.32. The SMILES string of the molecule is CC1CN(Cc2ccc(Br)cc2Cl)CCN1. The summed E-state index contributed by atoms with van der Waals surface area (Å²) in [5, 5.41) is 4.29. The molecule has 0 aromatic heterocycles. The topological polar surface area (TPSA) is 15.3 Å². The Kier molecular flexibility index (Phi) is 4.25. The predicted molar refractivity (Wildman–Crippen MR) is 71.9 cm³/mol. The first-order valence-corrected chi connectivity index (χ1v) is 6.72. The number of benzene rings is 1. The average Bonchev–Trinajstić information content (AvgIpc) is 2.22. The van der Waals surface area contributed by atoms with Crippen molar-refractivity contribution < 1.29 is 0 Å². The molecule has 0 aliphatic carbocycles. The zero-order valence-corrected chi connectivity index (χ0v) is 11.7. The van der Waals surface area contributed by atoms with E-state index in [1.165, 1.54) is 5.56 Å². The van der Waals surface area contributed by atoms with E-state index >= 15 is 0 Å². The monoisotopic (exact) mass is 302 g/mol. The van der Waals surface area contributed by atoms with Crippen molar-refractivity contribution >= 4 is 27.5 Å². The molecular formula is C12H16BrClN2. The van der Waals surface area contributed by atoms with E-state index in [2.05, 4.69) is 39.1 Å². The molecule has 1 aromatic carbocycles. The van der Waals surface area contributed by atoms with Crippen LogP contribution in [0.4, 0.5) is 0 Å². The van der Waals surface area contributed by atoms with Crippen molar-refractivity contribution in [2.24, 2.45) is 0 Å². The molecule has 0 saturated carbocycles. The second-order valence-corrected chi connectivity index (χ2v) is 5.65. The Hall–Kier alpha value is -0.0900. The number of hydrogen-bond acceptors (Lipinski definition) is 2. The van der Waals surface area contributed by atoms with E-state index in [1.54, 1.807) is 0 Å². The Morgan fingerprint density at radius 1 is 1.56 bits per heavy atom. The molecular weight excluding hydrogens is 288 g/mol. The van der Waals surface area contributed by atoms with Gasteiger partial charge in [-0.25, -0.2) is 0 Å². The number of hydrogen-bond donors (Lipinski definition) is 1. The van der Waals surface area contributed by atoms with Crippen molar-refractivity contribution in [1.82, 2.24) is 10.2 Å². The molecule has 0 bridgehead atoms. The fourth-order valence-electron chi connectivity index (χ4n) is 2.05. The van der Waals surface area contributed by atoms with Gasteiger partial charge in [-0.2, -0.15) is 0 Å². The average molecular weight is 304 g/mol. The van der Waals surface area contributed by atoms with Gasteiger partial charge >= 0.3 is 0 Å². The van der Waals surface area contributed by atoms with Crippen LogP contribution in [0.5, 0.6) is 0 Å². The summed E-state index contributed by atoms with van der Waals surface area (Å²) < 4.78 is 1.04. The third-order valence-electron chi connectivity index (χ3n) is 2.86. The van der Waals surface area contributed by atoms with Crippen molar-refractivity contribution in [3.05, 3.63) is 33.3 Å². The van der Waals surface area contributed by atoms with Crippen molar-refractivity contribution in [2.75, 3.05) is 19.6 Å². The van der Waals surface area contributed by atoms with E-state index in [0.29, 0.717) is 6.04 Å². The van der Waals surface area contributed by atoms with Gasteiger partial charge in [0.2, 0.25) is 0 Å². The molecule has 1 N–H and O–H groups in total. The van der Waals surface area contributed by atoms with Crippen LogP contribution >= 0.6 is 27.5 Å². The number of rotatable bonds is 2. The molecule has 2 nitrogen and oxygen atoms in total. The fourth-order valence-corrected chi connectivity index (χ4v) is 2.78. The van der Waals surface area contributed by atoms with Gasteiger partial charge in [0, 0.05) is 41.7 Å². The highest BCUT2D eigenvalue weighted by atomic mass is 79.9. The van der Waals surface area contributed by atoms with Crippen LogP contribution in [0.15, 0.2) is 22.7 Å². The smallest absolute Gasteiger partial charge is 0.0462 e. The van der Waals surface area contributed by atoms with Crippen molar-refractivity contribution in [3.63, 3.8) is 0 Å². The van der Waals surface area contributed by atoms with Crippen LogP contribution in [0.2, 0.25) is 5.02 Å². The maximum absolute atomic E-state index is 6.21. The number of nitrogens with zero attached hydrogens (tertiary/aromatic N) is 1. The molecule has 0 radical (unpaired) electrons. The van der Waals surface area contributed by atoms with Gasteiger partial charge in [0.25, 0.3) is 0 Å². The lowest BCUT2D eigenvalue weighted by molar-refractivity contribution is 0.199. The fraction of sp³-hybridized carbons (Fsp3) is 0.500. The van der Waals surface area contributed by atoms with Gasteiger partial charge < -0.3 is 5.32 Å². The number of nitrogens with one attached hydrogen (secondary N) is 1. The minimum Gasteiger partial charge on any atom is -0.312 e. The second-order valence-electron chi connectivity index (χ2n) is 4.33. The summed E-state index contributed by atoms with van der Waals surface area (Å²) in [4.78, 5) is 2.44. The highest BCUT2D eigenvalue weighted by molar-refractivity contribution is 9.10. The van der Waals surface area contributed by atoms with Gasteiger partial charge in [0.15, 0.2) is 0 Å². The standard InChI is InChI=1S/C12H16BrClN2/c1-9-7-16(5-4-15-9)8-10-2-3-11(13)6-12(10)14/h2-3,6,9,15H,4-5,7-8H2,1H3. The maximum Gasteiger partial charge on any atom is 0.0462 e. The van der Waals surface area contributed by atoms with Gasteiger partial charge in [-0.3, -0.25) is 4.90 Å². The van der Waals surface area contributed by atoms with E-state index in [0.717, 1.165) is 35.7 Å². The molecule has 1 unspecified atom stereocenters. The Bertz CT molecular complexity index is 370. The van der Waals surface area contributed by atoms with Gasteiger partial charge in [-0.05, 0) is 24.6 Å². The van der Waals surface area contributed by atoms with Crippen LogP contribution in [0.1, 0.15) is 12.5 Å². The number of halogens is 2. The summed E-state index contributed by atoms with van der Waals surface area (Å²) in [6, 6.07) is 6.68. The molecule has 1 fully saturated rings. The normalized spacial score (nSPS) is 22.3. The molecule has 1 atom stereocenters. The third kappa shape index (κ3) is 3.20. The summed E-state index contributed by atoms with van der Waals surface area (Å²) in [6.45, 7) is 6.41. The third-order valence-corrected chi connectivity index (χ3v) is 3.71. The van der Waals surface area contributed by atoms with Gasteiger partial charge in [0.1, 0.15) is 0 Å². The zero-order valence-electron chi connectivity index (χ0n) is 9.34. The predicted octanol–water partition coefficient (Wildman–Crippen LogP) is 2.90.